The number of hydrogen-bond acceptors (Lipinski definition) is 16. The van der Waals surface area contributed by atoms with Crippen LogP contribution < -0.4 is 66.7 Å². The number of aliphatic hydroxyl groups is 2. The number of nitrogens with two attached hydrogens (primary N) is 7. The van der Waals surface area contributed by atoms with Gasteiger partial charge in [0.15, 0.2) is 17.9 Å². The number of amides is 9. The largest absolute Gasteiger partial charge is 0.480 e. The second-order valence-corrected chi connectivity index (χ2v) is 24.3. The lowest BCUT2D eigenvalue weighted by atomic mass is 9.84. The van der Waals surface area contributed by atoms with E-state index in [0.717, 1.165) is 24.8 Å². The molecule has 1 saturated carbocycles. The Bertz CT molecular complexity index is 3090. The van der Waals surface area contributed by atoms with Crippen molar-refractivity contribution < 1.29 is 63.3 Å². The normalized spacial score (nSPS) is 22.2. The molecule has 9 amide bonds. The molecule has 4 aliphatic heterocycles. The summed E-state index contributed by atoms with van der Waals surface area (Å²) in [4.78, 5) is 159. The number of fused-ring (bicyclic) bond motifs is 2. The highest BCUT2D eigenvalue weighted by molar-refractivity contribution is 5.99. The molecule has 32 nitrogen and oxygen atoms in total. The molecule has 32 heteroatoms. The first-order valence-corrected chi connectivity index (χ1v) is 31.7. The number of aliphatic carboxylic acids is 1. The zero-order valence-electron chi connectivity index (χ0n) is 52.2. The van der Waals surface area contributed by atoms with Crippen molar-refractivity contribution in [2.75, 3.05) is 45.9 Å². The van der Waals surface area contributed by atoms with Gasteiger partial charge in [0.05, 0.1) is 25.3 Å². The Morgan fingerprint density at radius 3 is 1.83 bits per heavy atom. The highest BCUT2D eigenvalue weighted by Crippen LogP contribution is 2.41. The Balaban J connectivity index is 1.03. The van der Waals surface area contributed by atoms with E-state index in [4.69, 9.17) is 40.1 Å². The minimum atomic E-state index is -1.67. The number of carbonyl (C=O) groups is 10. The molecule has 0 spiro atoms. The molecule has 22 N–H and O–H groups in total. The number of benzene rings is 2. The van der Waals surface area contributed by atoms with Crippen molar-refractivity contribution in [2.24, 2.45) is 61.0 Å². The average molecular weight is 1300 g/mol. The van der Waals surface area contributed by atoms with Crippen molar-refractivity contribution in [3.63, 3.8) is 0 Å². The maximum atomic E-state index is 15.4. The lowest BCUT2D eigenvalue weighted by Crippen LogP contribution is -2.63. The lowest BCUT2D eigenvalue weighted by Gasteiger charge is -2.42. The van der Waals surface area contributed by atoms with Gasteiger partial charge in [0.1, 0.15) is 48.3 Å². The third kappa shape index (κ3) is 19.4. The van der Waals surface area contributed by atoms with Crippen LogP contribution in [0.2, 0.25) is 0 Å². The number of hydrogen-bond donors (Lipinski definition) is 15. The Morgan fingerprint density at radius 2 is 1.18 bits per heavy atom. The van der Waals surface area contributed by atoms with Gasteiger partial charge >= 0.3 is 5.97 Å². The molecule has 93 heavy (non-hydrogen) atoms. The topological polar surface area (TPSA) is 524 Å². The summed E-state index contributed by atoms with van der Waals surface area (Å²) in [5.74, 6) is -8.37. The van der Waals surface area contributed by atoms with Gasteiger partial charge in [0, 0.05) is 64.6 Å². The molecule has 4 heterocycles. The van der Waals surface area contributed by atoms with Gasteiger partial charge < -0.3 is 102 Å². The van der Waals surface area contributed by atoms with Crippen LogP contribution in [-0.2, 0) is 67.3 Å². The van der Waals surface area contributed by atoms with Crippen LogP contribution in [0.25, 0.3) is 0 Å². The van der Waals surface area contributed by atoms with Crippen LogP contribution in [0.3, 0.4) is 0 Å². The first kappa shape index (κ1) is 71.3. The van der Waals surface area contributed by atoms with Gasteiger partial charge in [-0.05, 0) is 93.2 Å². The van der Waals surface area contributed by atoms with E-state index >= 15 is 9.59 Å². The number of aliphatic imine (C=N–C) groups is 3. The molecule has 4 fully saturated rings. The Hall–Kier alpha value is -9.17. The van der Waals surface area contributed by atoms with Crippen molar-refractivity contribution in [3.8, 4) is 0 Å². The van der Waals surface area contributed by atoms with E-state index in [2.05, 4.69) is 41.6 Å². The molecule has 2 aromatic carbocycles. The summed E-state index contributed by atoms with van der Waals surface area (Å²) in [7, 11) is 0. The Labute approximate surface area is 538 Å². The maximum Gasteiger partial charge on any atom is 0.326 e. The third-order valence-electron chi connectivity index (χ3n) is 17.7. The van der Waals surface area contributed by atoms with Gasteiger partial charge in [-0.15, -0.1) is 0 Å². The van der Waals surface area contributed by atoms with E-state index < -0.39 is 139 Å². The summed E-state index contributed by atoms with van der Waals surface area (Å²) in [6, 6.07) is 3.99. The summed E-state index contributed by atoms with van der Waals surface area (Å²) >= 11 is 0. The first-order valence-electron chi connectivity index (χ1n) is 31.7. The molecule has 12 unspecified atom stereocenters. The smallest absolute Gasteiger partial charge is 0.326 e. The van der Waals surface area contributed by atoms with Crippen LogP contribution >= 0.6 is 0 Å². The fraction of sp³-hybridized carbons (Fsp3) is 0.590. The monoisotopic (exact) mass is 1300 g/mol. The van der Waals surface area contributed by atoms with Gasteiger partial charge in [0.25, 0.3) is 0 Å². The van der Waals surface area contributed by atoms with Crippen LogP contribution in [0.1, 0.15) is 107 Å². The number of likely N-dealkylation sites (tertiary alicyclic amines) is 3. The number of nitrogens with zero attached hydrogens (tertiary/aromatic N) is 7. The third-order valence-corrected chi connectivity index (χ3v) is 17.7. The summed E-state index contributed by atoms with van der Waals surface area (Å²) in [6.07, 6.45) is 3.28. The summed E-state index contributed by atoms with van der Waals surface area (Å²) in [5.41, 5.74) is 40.9. The minimum Gasteiger partial charge on any atom is -0.480 e. The van der Waals surface area contributed by atoms with Crippen LogP contribution in [0, 0.1) is 5.92 Å². The number of carboxylic acids is 1. The Morgan fingerprint density at radius 1 is 0.581 bits per heavy atom. The van der Waals surface area contributed by atoms with Gasteiger partial charge in [-0.3, -0.25) is 58.1 Å². The number of carbonyl (C=O) groups excluding carboxylic acids is 9. The molecule has 5 aliphatic rings. The fourth-order valence-electron chi connectivity index (χ4n) is 13.1. The molecule has 7 rings (SSSR count). The number of rotatable bonds is 30. The quantitative estimate of drug-likeness (QED) is 0.0198. The fourth-order valence-corrected chi connectivity index (χ4v) is 13.1. The molecule has 0 radical (unpaired) electrons. The second-order valence-electron chi connectivity index (χ2n) is 24.3. The predicted octanol–water partition coefficient (Wildman–Crippen LogP) is -5.08. The zero-order chi connectivity index (χ0) is 67.5. The summed E-state index contributed by atoms with van der Waals surface area (Å²) in [5, 5.41) is 45.1. The van der Waals surface area contributed by atoms with Crippen LogP contribution in [0.5, 0.6) is 0 Å². The van der Waals surface area contributed by atoms with Crippen molar-refractivity contribution in [3.05, 3.63) is 71.3 Å². The lowest BCUT2D eigenvalue weighted by molar-refractivity contribution is -0.153. The van der Waals surface area contributed by atoms with Gasteiger partial charge in [0.2, 0.25) is 53.2 Å². The number of guanidine groups is 3. The molecule has 2 aromatic rings. The highest BCUT2D eigenvalue weighted by atomic mass is 16.4. The zero-order valence-corrected chi connectivity index (χ0v) is 52.2. The number of nitrogens with one attached hydrogen (secondary N) is 5. The minimum absolute atomic E-state index is 0.000199. The SMILES string of the molecule is NC(N)=NCCCC(N)C(=O)NC(CCCN=C(N)N)C(=O)N1CC(O)CC1C(=O)N1CCCC1C(=O)NCC(=O)NC(Cc1ccccc1)C(=O)NC(CO)C(=O)N1Cc2ccccc2CC1C(=O)N1C(C(=O)NC(CCCN=C(N)N)C(=O)O)CC2CCCCC21. The van der Waals surface area contributed by atoms with Gasteiger partial charge in [-0.25, -0.2) is 4.79 Å². The van der Waals surface area contributed by atoms with E-state index in [9.17, 15) is 53.7 Å². The van der Waals surface area contributed by atoms with Crippen molar-refractivity contribution >= 4 is 77.0 Å². The Kier molecular flexibility index (Phi) is 26.0. The van der Waals surface area contributed by atoms with E-state index in [-0.39, 0.29) is 127 Å². The number of carboxylic acid groups (broad SMARTS) is 1. The van der Waals surface area contributed by atoms with E-state index in [0.29, 0.717) is 30.4 Å². The van der Waals surface area contributed by atoms with Crippen molar-refractivity contribution in [1.82, 2.24) is 46.2 Å². The number of β-amino-alcohol motifs (C(OH)–C–C–N with tert-alkyl or cyclic N) is 1. The first-order chi connectivity index (χ1) is 44.4. The average Bonchev–Trinajstić information content (AvgIpc) is 1.73. The van der Waals surface area contributed by atoms with Gasteiger partial charge in [-0.1, -0.05) is 67.4 Å². The standard InChI is InChI=1S/C61H91N19O13/c62-39(17-8-22-69-59(63)64)50(84)74-40(18-9-23-70-60(65)66)54(88)79-32-38(82)29-48(79)56(90)77-25-11-21-45(77)52(86)72-30-49(83)73-42(26-34-12-2-1-3-13-34)51(85)76-43(33-81)55(89)78-31-37-16-5-4-14-35(37)27-47(78)57(91)80-44-20-7-6-15-36(44)28-46(80)53(87)75-41(58(92)93)19-10-24-71-61(67)68/h1-5,12-14,16,36,38-48,81-82H,6-11,15,17-33,62H2,(H,72,86)(H,73,83)(H,74,84)(H,75,87)(H,76,85)(H,92,93)(H4,63,64,69)(H4,65,66,70)(H4,67,68,71). The van der Waals surface area contributed by atoms with E-state index in [1.54, 1.807) is 48.5 Å². The molecule has 0 bridgehead atoms. The molecular formula is C61H91N19O13. The highest BCUT2D eigenvalue weighted by Gasteiger charge is 2.52. The molecule has 508 valence electrons. The van der Waals surface area contributed by atoms with Crippen LogP contribution in [0.15, 0.2) is 69.6 Å². The van der Waals surface area contributed by atoms with E-state index in [1.165, 1.54) is 19.6 Å². The maximum absolute atomic E-state index is 15.4. The van der Waals surface area contributed by atoms with Crippen LogP contribution in [0.4, 0.5) is 0 Å². The predicted molar refractivity (Wildman–Crippen MR) is 340 cm³/mol. The van der Waals surface area contributed by atoms with Crippen molar-refractivity contribution in [2.45, 2.75) is 176 Å². The van der Waals surface area contributed by atoms with Gasteiger partial charge in [-0.2, -0.15) is 0 Å². The van der Waals surface area contributed by atoms with E-state index in [1.807, 2.05) is 6.07 Å². The summed E-state index contributed by atoms with van der Waals surface area (Å²) in [6.45, 7) is -1.49. The number of aliphatic hydroxyl groups excluding tert-OH is 2. The van der Waals surface area contributed by atoms with Crippen molar-refractivity contribution in [1.29, 1.82) is 0 Å². The second kappa shape index (κ2) is 33.9. The molecule has 1 aliphatic carbocycles. The molecular weight excluding hydrogens is 1210 g/mol. The molecule has 12 atom stereocenters. The van der Waals surface area contributed by atoms with Crippen LogP contribution in [-0.4, -0.2) is 224 Å². The summed E-state index contributed by atoms with van der Waals surface area (Å²) < 4.78 is 0. The molecule has 3 saturated heterocycles. The molecule has 0 aromatic heterocycles.